The molecule has 3 rings (SSSR count). The summed E-state index contributed by atoms with van der Waals surface area (Å²) in [6.45, 7) is 1.62. The van der Waals surface area contributed by atoms with Crippen molar-refractivity contribution in [2.24, 2.45) is 11.7 Å². The lowest BCUT2D eigenvalue weighted by Crippen LogP contribution is -2.42. The molecule has 0 amide bonds. The monoisotopic (exact) mass is 305 g/mol. The second-order valence-electron chi connectivity index (χ2n) is 5.92. The van der Waals surface area contributed by atoms with Crippen LogP contribution in [-0.2, 0) is 6.54 Å². The van der Waals surface area contributed by atoms with Gasteiger partial charge in [0.15, 0.2) is 5.76 Å². The molecule has 0 aromatic carbocycles. The van der Waals surface area contributed by atoms with Crippen LogP contribution in [0.25, 0.3) is 10.6 Å². The highest BCUT2D eigenvalue weighted by atomic mass is 32.1. The fraction of sp³-hybridized carbons (Fsp3) is 0.562. The molecule has 2 atom stereocenters. The van der Waals surface area contributed by atoms with Crippen LogP contribution in [0.1, 0.15) is 31.4 Å². The Kier molecular flexibility index (Phi) is 4.73. The van der Waals surface area contributed by atoms with Crippen LogP contribution in [-0.4, -0.2) is 29.7 Å². The van der Waals surface area contributed by atoms with Gasteiger partial charge in [0.2, 0.25) is 0 Å². The van der Waals surface area contributed by atoms with Gasteiger partial charge in [-0.2, -0.15) is 0 Å². The van der Waals surface area contributed by atoms with E-state index >= 15 is 0 Å². The van der Waals surface area contributed by atoms with E-state index in [9.17, 15) is 0 Å². The van der Waals surface area contributed by atoms with Crippen molar-refractivity contribution in [2.75, 3.05) is 13.6 Å². The molecular formula is C16H23N3OS. The maximum absolute atomic E-state index is 5.93. The fourth-order valence-corrected chi connectivity index (χ4v) is 4.01. The van der Waals surface area contributed by atoms with Crippen molar-refractivity contribution in [2.45, 2.75) is 38.3 Å². The molecule has 5 heteroatoms. The molecule has 114 valence electrons. The lowest BCUT2D eigenvalue weighted by molar-refractivity contribution is 0.125. The molecule has 4 nitrogen and oxygen atoms in total. The zero-order valence-electron chi connectivity index (χ0n) is 12.5. The summed E-state index contributed by atoms with van der Waals surface area (Å²) in [5.74, 6) is 1.49. The summed E-state index contributed by atoms with van der Waals surface area (Å²) < 4.78 is 5.46. The number of nitrogens with zero attached hydrogens (tertiary/aromatic N) is 2. The number of nitrogens with two attached hydrogens (primary N) is 1. The van der Waals surface area contributed by atoms with E-state index in [0.29, 0.717) is 12.0 Å². The quantitative estimate of drug-likeness (QED) is 0.920. The number of rotatable bonds is 5. The van der Waals surface area contributed by atoms with Gasteiger partial charge in [-0.05, 0) is 43.8 Å². The molecule has 0 bridgehead atoms. The maximum atomic E-state index is 5.93. The molecule has 1 aliphatic carbocycles. The Balaban J connectivity index is 1.65. The van der Waals surface area contributed by atoms with Gasteiger partial charge in [-0.15, -0.1) is 11.3 Å². The second kappa shape index (κ2) is 6.73. The summed E-state index contributed by atoms with van der Waals surface area (Å²) in [4.78, 5) is 3.53. The Morgan fingerprint density at radius 3 is 3.05 bits per heavy atom. The first-order valence-corrected chi connectivity index (χ1v) is 8.55. The van der Waals surface area contributed by atoms with Crippen LogP contribution in [0.15, 0.2) is 28.1 Å². The summed E-state index contributed by atoms with van der Waals surface area (Å²) in [6.07, 6.45) is 5.13. The molecule has 2 N–H and O–H groups in total. The predicted octanol–water partition coefficient (Wildman–Crippen LogP) is 3.35. The van der Waals surface area contributed by atoms with E-state index < -0.39 is 0 Å². The Labute approximate surface area is 129 Å². The van der Waals surface area contributed by atoms with Gasteiger partial charge in [-0.1, -0.05) is 24.1 Å². The zero-order chi connectivity index (χ0) is 14.7. The van der Waals surface area contributed by atoms with Crippen LogP contribution in [0.2, 0.25) is 0 Å². The van der Waals surface area contributed by atoms with E-state index in [1.807, 2.05) is 6.07 Å². The highest BCUT2D eigenvalue weighted by molar-refractivity contribution is 7.13. The summed E-state index contributed by atoms with van der Waals surface area (Å²) >= 11 is 1.68. The van der Waals surface area contributed by atoms with Crippen molar-refractivity contribution in [3.63, 3.8) is 0 Å². The molecule has 0 aliphatic heterocycles. The van der Waals surface area contributed by atoms with Crippen molar-refractivity contribution in [3.8, 4) is 10.6 Å². The second-order valence-corrected chi connectivity index (χ2v) is 6.87. The normalized spacial score (nSPS) is 22.8. The van der Waals surface area contributed by atoms with Crippen LogP contribution in [0, 0.1) is 5.92 Å². The number of hydrogen-bond donors (Lipinski definition) is 1. The summed E-state index contributed by atoms with van der Waals surface area (Å²) in [5.41, 5.74) is 6.94. The third-order valence-electron chi connectivity index (χ3n) is 4.47. The lowest BCUT2D eigenvalue weighted by Gasteiger charge is -2.37. The summed E-state index contributed by atoms with van der Waals surface area (Å²) in [6, 6.07) is 6.72. The van der Waals surface area contributed by atoms with Gasteiger partial charge < -0.3 is 10.3 Å². The van der Waals surface area contributed by atoms with Crippen molar-refractivity contribution in [1.82, 2.24) is 10.1 Å². The predicted molar refractivity (Wildman–Crippen MR) is 86.1 cm³/mol. The van der Waals surface area contributed by atoms with Gasteiger partial charge in [0, 0.05) is 18.7 Å². The van der Waals surface area contributed by atoms with Gasteiger partial charge in [0.25, 0.3) is 0 Å². The number of thiophene rings is 1. The van der Waals surface area contributed by atoms with E-state index in [4.69, 9.17) is 10.3 Å². The Morgan fingerprint density at radius 1 is 1.43 bits per heavy atom. The fourth-order valence-electron chi connectivity index (χ4n) is 3.34. The standard InChI is InChI=1S/C16H23N3OS/c1-19(14-6-3-2-5-12(14)10-17)11-13-9-15(20-18-13)16-7-4-8-21-16/h4,7-9,12,14H,2-3,5-6,10-11,17H2,1H3. The van der Waals surface area contributed by atoms with Gasteiger partial charge in [-0.3, -0.25) is 4.90 Å². The Hall–Kier alpha value is -1.17. The van der Waals surface area contributed by atoms with E-state index in [0.717, 1.165) is 29.4 Å². The SMILES string of the molecule is CN(Cc1cc(-c2cccs2)on1)C1CCCCC1CN. The average Bonchev–Trinajstić information content (AvgIpc) is 3.17. The van der Waals surface area contributed by atoms with Crippen molar-refractivity contribution >= 4 is 11.3 Å². The molecular weight excluding hydrogens is 282 g/mol. The van der Waals surface area contributed by atoms with Crippen molar-refractivity contribution in [3.05, 3.63) is 29.3 Å². The largest absolute Gasteiger partial charge is 0.355 e. The molecule has 2 heterocycles. The zero-order valence-corrected chi connectivity index (χ0v) is 13.3. The molecule has 0 spiro atoms. The minimum atomic E-state index is 0.575. The first kappa shape index (κ1) is 14.8. The number of aromatic nitrogens is 1. The third kappa shape index (κ3) is 3.36. The first-order chi connectivity index (χ1) is 10.3. The summed E-state index contributed by atoms with van der Waals surface area (Å²) in [7, 11) is 2.18. The van der Waals surface area contributed by atoms with Gasteiger partial charge >= 0.3 is 0 Å². The van der Waals surface area contributed by atoms with Crippen molar-refractivity contribution < 1.29 is 4.52 Å². The Bertz CT molecular complexity index is 552. The molecule has 0 radical (unpaired) electrons. The van der Waals surface area contributed by atoms with Crippen LogP contribution in [0.5, 0.6) is 0 Å². The molecule has 21 heavy (non-hydrogen) atoms. The maximum Gasteiger partial charge on any atom is 0.177 e. The lowest BCUT2D eigenvalue weighted by atomic mass is 9.83. The molecule has 1 fully saturated rings. The van der Waals surface area contributed by atoms with Crippen LogP contribution < -0.4 is 5.73 Å². The van der Waals surface area contributed by atoms with Gasteiger partial charge in [-0.25, -0.2) is 0 Å². The topological polar surface area (TPSA) is 55.3 Å². The minimum absolute atomic E-state index is 0.575. The molecule has 1 saturated carbocycles. The van der Waals surface area contributed by atoms with E-state index in [2.05, 4.69) is 34.6 Å². The van der Waals surface area contributed by atoms with Crippen LogP contribution >= 0.6 is 11.3 Å². The summed E-state index contributed by atoms with van der Waals surface area (Å²) in [5, 5.41) is 6.27. The van der Waals surface area contributed by atoms with E-state index in [1.54, 1.807) is 11.3 Å². The highest BCUT2D eigenvalue weighted by Gasteiger charge is 2.27. The molecule has 2 aromatic heterocycles. The van der Waals surface area contributed by atoms with Gasteiger partial charge in [0.1, 0.15) is 0 Å². The van der Waals surface area contributed by atoms with Gasteiger partial charge in [0.05, 0.1) is 10.6 Å². The van der Waals surface area contributed by atoms with Crippen molar-refractivity contribution in [1.29, 1.82) is 0 Å². The molecule has 2 unspecified atom stereocenters. The van der Waals surface area contributed by atoms with Crippen LogP contribution in [0.4, 0.5) is 0 Å². The third-order valence-corrected chi connectivity index (χ3v) is 5.36. The van der Waals surface area contributed by atoms with E-state index in [-0.39, 0.29) is 0 Å². The molecule has 1 aliphatic rings. The first-order valence-electron chi connectivity index (χ1n) is 7.67. The van der Waals surface area contributed by atoms with Crippen LogP contribution in [0.3, 0.4) is 0 Å². The smallest absolute Gasteiger partial charge is 0.177 e. The number of hydrogen-bond acceptors (Lipinski definition) is 5. The van der Waals surface area contributed by atoms with E-state index in [1.165, 1.54) is 25.7 Å². The minimum Gasteiger partial charge on any atom is -0.355 e. The molecule has 0 saturated heterocycles. The average molecular weight is 305 g/mol. The Morgan fingerprint density at radius 2 is 2.29 bits per heavy atom. The molecule has 2 aromatic rings. The highest BCUT2D eigenvalue weighted by Crippen LogP contribution is 2.29.